The van der Waals surface area contributed by atoms with Gasteiger partial charge in [0.1, 0.15) is 0 Å². The van der Waals surface area contributed by atoms with Crippen molar-refractivity contribution in [2.75, 3.05) is 6.61 Å². The first-order valence-electron chi connectivity index (χ1n) is 4.06. The van der Waals surface area contributed by atoms with Crippen LogP contribution in [0.2, 0.25) is 0 Å². The van der Waals surface area contributed by atoms with Gasteiger partial charge in [-0.05, 0) is 33.6 Å². The molecule has 0 saturated heterocycles. The largest absolute Gasteiger partial charge is 0.392 e. The van der Waals surface area contributed by atoms with Gasteiger partial charge in [0.05, 0.1) is 6.61 Å². The highest BCUT2D eigenvalue weighted by Gasteiger charge is 1.83. The Hall–Kier alpha value is -0.560. The second-order valence-corrected chi connectivity index (χ2v) is 3.07. The Bertz CT molecular complexity index is 150. The molecule has 0 radical (unpaired) electrons. The van der Waals surface area contributed by atoms with Crippen molar-refractivity contribution in [3.05, 3.63) is 23.3 Å². The Morgan fingerprint density at radius 3 is 2.09 bits per heavy atom. The minimum Gasteiger partial charge on any atom is -0.392 e. The van der Waals surface area contributed by atoms with Crippen LogP contribution in [0.1, 0.15) is 33.6 Å². The van der Waals surface area contributed by atoms with Crippen LogP contribution in [-0.2, 0) is 0 Å². The lowest BCUT2D eigenvalue weighted by atomic mass is 10.2. The third kappa shape index (κ3) is 7.34. The minimum absolute atomic E-state index is 0.189. The number of hydrogen-bond acceptors (Lipinski definition) is 1. The Labute approximate surface area is 69.4 Å². The van der Waals surface area contributed by atoms with Gasteiger partial charge in [0.25, 0.3) is 0 Å². The van der Waals surface area contributed by atoms with Crippen LogP contribution in [0.5, 0.6) is 0 Å². The van der Waals surface area contributed by atoms with Crippen molar-refractivity contribution in [2.45, 2.75) is 33.6 Å². The maximum absolute atomic E-state index is 8.66. The number of rotatable bonds is 4. The summed E-state index contributed by atoms with van der Waals surface area (Å²) in [4.78, 5) is 0. The van der Waals surface area contributed by atoms with E-state index in [-0.39, 0.29) is 6.61 Å². The molecule has 64 valence electrons. The molecule has 0 aromatic carbocycles. The zero-order valence-corrected chi connectivity index (χ0v) is 7.72. The monoisotopic (exact) mass is 154 g/mol. The molecule has 0 fully saturated rings. The van der Waals surface area contributed by atoms with Crippen molar-refractivity contribution in [2.24, 2.45) is 0 Å². The van der Waals surface area contributed by atoms with E-state index < -0.39 is 0 Å². The fraction of sp³-hybridized carbons (Fsp3) is 0.600. The zero-order valence-electron chi connectivity index (χ0n) is 7.72. The van der Waals surface area contributed by atoms with Gasteiger partial charge in [-0.2, -0.15) is 0 Å². The van der Waals surface area contributed by atoms with E-state index in [4.69, 9.17) is 5.11 Å². The third-order valence-electron chi connectivity index (χ3n) is 1.46. The quantitative estimate of drug-likeness (QED) is 0.487. The van der Waals surface area contributed by atoms with Crippen LogP contribution in [0.4, 0.5) is 0 Å². The van der Waals surface area contributed by atoms with E-state index in [0.717, 1.165) is 18.4 Å². The number of hydrogen-bond donors (Lipinski definition) is 1. The lowest BCUT2D eigenvalue weighted by Gasteiger charge is -1.93. The van der Waals surface area contributed by atoms with E-state index in [2.05, 4.69) is 26.0 Å². The molecular weight excluding hydrogens is 136 g/mol. The SMILES string of the molecule is CC(C)=CCC/C=C(\C)CO. The van der Waals surface area contributed by atoms with Crippen molar-refractivity contribution < 1.29 is 5.11 Å². The van der Waals surface area contributed by atoms with Gasteiger partial charge in [0, 0.05) is 0 Å². The first kappa shape index (κ1) is 10.4. The van der Waals surface area contributed by atoms with Crippen LogP contribution in [0, 0.1) is 0 Å². The standard InChI is InChI=1S/C10H18O/c1-9(2)6-4-5-7-10(3)8-11/h6-7,11H,4-5,8H2,1-3H3/b10-7+. The Morgan fingerprint density at radius 2 is 1.64 bits per heavy atom. The number of aliphatic hydroxyl groups is 1. The molecule has 0 saturated carbocycles. The van der Waals surface area contributed by atoms with Crippen LogP contribution in [0.25, 0.3) is 0 Å². The van der Waals surface area contributed by atoms with Gasteiger partial charge in [-0.3, -0.25) is 0 Å². The fourth-order valence-corrected chi connectivity index (χ4v) is 0.766. The average molecular weight is 154 g/mol. The number of allylic oxidation sites excluding steroid dienone is 3. The summed E-state index contributed by atoms with van der Waals surface area (Å²) in [7, 11) is 0. The lowest BCUT2D eigenvalue weighted by molar-refractivity contribution is 0.331. The highest BCUT2D eigenvalue weighted by atomic mass is 16.3. The first-order valence-corrected chi connectivity index (χ1v) is 4.06. The van der Waals surface area contributed by atoms with Crippen molar-refractivity contribution in [1.82, 2.24) is 0 Å². The number of unbranched alkanes of at least 4 members (excludes halogenated alkanes) is 1. The van der Waals surface area contributed by atoms with E-state index in [1.54, 1.807) is 0 Å². The molecule has 0 heterocycles. The molecule has 0 aromatic rings. The molecule has 0 rings (SSSR count). The third-order valence-corrected chi connectivity index (χ3v) is 1.46. The summed E-state index contributed by atoms with van der Waals surface area (Å²) < 4.78 is 0. The van der Waals surface area contributed by atoms with Crippen molar-refractivity contribution in [3.8, 4) is 0 Å². The predicted molar refractivity (Wildman–Crippen MR) is 49.5 cm³/mol. The first-order chi connectivity index (χ1) is 5.16. The minimum atomic E-state index is 0.189. The summed E-state index contributed by atoms with van der Waals surface area (Å²) in [5, 5.41) is 8.66. The topological polar surface area (TPSA) is 20.2 Å². The van der Waals surface area contributed by atoms with E-state index in [9.17, 15) is 0 Å². The molecule has 1 nitrogen and oxygen atoms in total. The fourth-order valence-electron chi connectivity index (χ4n) is 0.766. The molecule has 0 aliphatic rings. The highest BCUT2D eigenvalue weighted by Crippen LogP contribution is 2.00. The normalized spacial score (nSPS) is 11.5. The van der Waals surface area contributed by atoms with E-state index in [1.807, 2.05) is 6.92 Å². The summed E-state index contributed by atoms with van der Waals surface area (Å²) in [5.74, 6) is 0. The molecule has 0 aliphatic heterocycles. The van der Waals surface area contributed by atoms with Gasteiger partial charge in [-0.15, -0.1) is 0 Å². The second kappa shape index (κ2) is 6.17. The van der Waals surface area contributed by atoms with Crippen LogP contribution >= 0.6 is 0 Å². The van der Waals surface area contributed by atoms with Crippen molar-refractivity contribution in [1.29, 1.82) is 0 Å². The van der Waals surface area contributed by atoms with Gasteiger partial charge < -0.3 is 5.11 Å². The van der Waals surface area contributed by atoms with Crippen LogP contribution in [0.3, 0.4) is 0 Å². The summed E-state index contributed by atoms with van der Waals surface area (Å²) in [6, 6.07) is 0. The maximum atomic E-state index is 8.66. The molecule has 0 unspecified atom stereocenters. The van der Waals surface area contributed by atoms with E-state index in [0.29, 0.717) is 0 Å². The molecular formula is C10H18O. The summed E-state index contributed by atoms with van der Waals surface area (Å²) in [6.07, 6.45) is 6.41. The Balaban J connectivity index is 3.49. The smallest absolute Gasteiger partial charge is 0.0639 e. The molecule has 0 aromatic heterocycles. The lowest BCUT2D eigenvalue weighted by Crippen LogP contribution is -1.82. The molecule has 0 amide bonds. The van der Waals surface area contributed by atoms with E-state index in [1.165, 1.54) is 5.57 Å². The highest BCUT2D eigenvalue weighted by molar-refractivity contribution is 5.00. The molecule has 0 bridgehead atoms. The van der Waals surface area contributed by atoms with Crippen LogP contribution < -0.4 is 0 Å². The van der Waals surface area contributed by atoms with E-state index >= 15 is 0 Å². The summed E-state index contributed by atoms with van der Waals surface area (Å²) in [5.41, 5.74) is 2.42. The van der Waals surface area contributed by atoms with Crippen LogP contribution in [0.15, 0.2) is 23.3 Å². The van der Waals surface area contributed by atoms with Gasteiger partial charge in [-0.25, -0.2) is 0 Å². The Kier molecular flexibility index (Phi) is 5.86. The van der Waals surface area contributed by atoms with Crippen molar-refractivity contribution in [3.63, 3.8) is 0 Å². The zero-order chi connectivity index (χ0) is 8.69. The maximum Gasteiger partial charge on any atom is 0.0639 e. The van der Waals surface area contributed by atoms with Gasteiger partial charge in [0.2, 0.25) is 0 Å². The van der Waals surface area contributed by atoms with Gasteiger partial charge in [-0.1, -0.05) is 23.3 Å². The summed E-state index contributed by atoms with van der Waals surface area (Å²) in [6.45, 7) is 6.34. The summed E-state index contributed by atoms with van der Waals surface area (Å²) >= 11 is 0. The van der Waals surface area contributed by atoms with Gasteiger partial charge >= 0.3 is 0 Å². The average Bonchev–Trinajstić information content (AvgIpc) is 1.97. The van der Waals surface area contributed by atoms with Crippen LogP contribution in [-0.4, -0.2) is 11.7 Å². The van der Waals surface area contributed by atoms with Crippen molar-refractivity contribution >= 4 is 0 Å². The molecule has 0 aliphatic carbocycles. The number of aliphatic hydroxyl groups excluding tert-OH is 1. The molecule has 11 heavy (non-hydrogen) atoms. The second-order valence-electron chi connectivity index (χ2n) is 3.07. The molecule has 0 spiro atoms. The molecule has 1 N–H and O–H groups in total. The molecule has 1 heteroatoms. The predicted octanol–water partition coefficient (Wildman–Crippen LogP) is 2.67. The Morgan fingerprint density at radius 1 is 1.09 bits per heavy atom. The van der Waals surface area contributed by atoms with Gasteiger partial charge in [0.15, 0.2) is 0 Å². The molecule has 0 atom stereocenters.